The average molecular weight is 419 g/mol. The Morgan fingerprint density at radius 1 is 1.25 bits per heavy atom. The Kier molecular flexibility index (Phi) is 6.23. The molecule has 4 rings (SSSR count). The van der Waals surface area contributed by atoms with E-state index in [4.69, 9.17) is 9.15 Å². The van der Waals surface area contributed by atoms with Crippen molar-refractivity contribution in [2.75, 3.05) is 38.8 Å². The quantitative estimate of drug-likeness (QED) is 0.608. The van der Waals surface area contributed by atoms with Crippen LogP contribution in [0.4, 0.5) is 0 Å². The number of nitrogens with zero attached hydrogens (tertiary/aromatic N) is 2. The van der Waals surface area contributed by atoms with Gasteiger partial charge in [0.1, 0.15) is 22.6 Å². The lowest BCUT2D eigenvalue weighted by Gasteiger charge is -2.24. The van der Waals surface area contributed by atoms with Gasteiger partial charge in [-0.1, -0.05) is 6.07 Å². The Morgan fingerprint density at radius 2 is 2.11 bits per heavy atom. The highest BCUT2D eigenvalue weighted by atomic mass is 32.2. The summed E-state index contributed by atoms with van der Waals surface area (Å²) in [6, 6.07) is 10.5. The monoisotopic (exact) mass is 418 g/mol. The van der Waals surface area contributed by atoms with Crippen LogP contribution in [0.1, 0.15) is 28.0 Å². The summed E-state index contributed by atoms with van der Waals surface area (Å²) in [6.07, 6.45) is 0.962. The molecule has 1 aromatic carbocycles. The van der Waals surface area contributed by atoms with Gasteiger partial charge in [0.15, 0.2) is 0 Å². The second-order valence-corrected chi connectivity index (χ2v) is 9.55. The summed E-state index contributed by atoms with van der Waals surface area (Å²) in [7, 11) is 4.07. The Bertz CT molecular complexity index is 837. The van der Waals surface area contributed by atoms with Crippen LogP contribution in [0.25, 0.3) is 0 Å². The molecule has 5 nitrogen and oxygen atoms in total. The van der Waals surface area contributed by atoms with Crippen LogP contribution in [0.5, 0.6) is 5.75 Å². The zero-order chi connectivity index (χ0) is 19.5. The first-order valence-electron chi connectivity index (χ1n) is 9.57. The molecule has 1 amide bonds. The third-order valence-corrected chi connectivity index (χ3v) is 7.09. The smallest absolute Gasteiger partial charge is 0.233 e. The number of carbonyl (C=O) groups is 1. The maximum Gasteiger partial charge on any atom is 0.233 e. The number of rotatable bonds is 8. The minimum absolute atomic E-state index is 0.120. The third kappa shape index (κ3) is 4.53. The molecule has 150 valence electrons. The molecule has 2 aromatic rings. The number of hydrogen-bond acceptors (Lipinski definition) is 6. The van der Waals surface area contributed by atoms with Crippen LogP contribution < -0.4 is 4.74 Å². The van der Waals surface area contributed by atoms with E-state index < -0.39 is 0 Å². The fraction of sp³-hybridized carbons (Fsp3) is 0.476. The maximum absolute atomic E-state index is 12.4. The predicted molar refractivity (Wildman–Crippen MR) is 115 cm³/mol. The minimum Gasteiger partial charge on any atom is -0.493 e. The van der Waals surface area contributed by atoms with Crippen molar-refractivity contribution in [3.63, 3.8) is 0 Å². The zero-order valence-corrected chi connectivity index (χ0v) is 18.0. The summed E-state index contributed by atoms with van der Waals surface area (Å²) in [5.74, 6) is 5.52. The molecule has 2 aliphatic heterocycles. The minimum atomic E-state index is 0.120. The average Bonchev–Trinajstić information content (AvgIpc) is 3.38. The Morgan fingerprint density at radius 3 is 2.96 bits per heavy atom. The molecule has 1 aromatic heterocycles. The number of furan rings is 1. The second kappa shape index (κ2) is 8.84. The van der Waals surface area contributed by atoms with E-state index in [0.717, 1.165) is 54.9 Å². The van der Waals surface area contributed by atoms with Gasteiger partial charge in [-0.15, -0.1) is 11.8 Å². The Labute approximate surface area is 174 Å². The predicted octanol–water partition coefficient (Wildman–Crippen LogP) is 3.78. The number of hydrogen-bond donors (Lipinski definition) is 0. The Hall–Kier alpha value is -1.57. The molecule has 0 N–H and O–H groups in total. The van der Waals surface area contributed by atoms with Crippen molar-refractivity contribution in [3.05, 3.63) is 53.0 Å². The van der Waals surface area contributed by atoms with Gasteiger partial charge in [-0.05, 0) is 49.5 Å². The summed E-state index contributed by atoms with van der Waals surface area (Å²) in [6.45, 7) is 2.34. The van der Waals surface area contributed by atoms with Crippen molar-refractivity contribution in [1.82, 2.24) is 9.80 Å². The van der Waals surface area contributed by atoms with Crippen molar-refractivity contribution in [2.24, 2.45) is 0 Å². The molecule has 0 aliphatic carbocycles. The van der Waals surface area contributed by atoms with Gasteiger partial charge in [0, 0.05) is 18.7 Å². The van der Waals surface area contributed by atoms with E-state index in [9.17, 15) is 4.79 Å². The number of ether oxygens (including phenoxy) is 1. The maximum atomic E-state index is 12.4. The molecule has 1 unspecified atom stereocenters. The van der Waals surface area contributed by atoms with Crippen LogP contribution in [0.3, 0.4) is 0 Å². The molecule has 28 heavy (non-hydrogen) atoms. The van der Waals surface area contributed by atoms with Gasteiger partial charge in [-0.2, -0.15) is 11.8 Å². The van der Waals surface area contributed by atoms with Crippen LogP contribution in [-0.4, -0.2) is 54.5 Å². The molecule has 0 spiro atoms. The standard InChI is InChI=1S/C21H26N2O3S2/c1-22(2)12-17-4-5-18(26-17)13-27-10-8-23-20(24)14-28-21(23)16-3-6-19-15(11-16)7-9-25-19/h3-6,11,21H,7-10,12-14H2,1-2H3. The van der Waals surface area contributed by atoms with Gasteiger partial charge < -0.3 is 19.0 Å². The van der Waals surface area contributed by atoms with Crippen LogP contribution in [0, 0.1) is 0 Å². The topological polar surface area (TPSA) is 45.9 Å². The fourth-order valence-corrected chi connectivity index (χ4v) is 5.60. The van der Waals surface area contributed by atoms with Gasteiger partial charge >= 0.3 is 0 Å². The highest BCUT2D eigenvalue weighted by Crippen LogP contribution is 2.40. The van der Waals surface area contributed by atoms with Crippen molar-refractivity contribution in [3.8, 4) is 5.75 Å². The van der Waals surface area contributed by atoms with E-state index in [1.165, 1.54) is 11.1 Å². The highest BCUT2D eigenvalue weighted by molar-refractivity contribution is 8.00. The molecule has 1 fully saturated rings. The van der Waals surface area contributed by atoms with Gasteiger partial charge in [0.25, 0.3) is 0 Å². The molecule has 3 heterocycles. The molecular formula is C21H26N2O3S2. The summed E-state index contributed by atoms with van der Waals surface area (Å²) < 4.78 is 11.5. The van der Waals surface area contributed by atoms with Crippen molar-refractivity contribution < 1.29 is 13.9 Å². The molecule has 0 bridgehead atoms. The van der Waals surface area contributed by atoms with Crippen molar-refractivity contribution in [1.29, 1.82) is 0 Å². The molecule has 7 heteroatoms. The summed E-state index contributed by atoms with van der Waals surface area (Å²) in [5.41, 5.74) is 2.47. The Balaban J connectivity index is 1.30. The van der Waals surface area contributed by atoms with Crippen LogP contribution in [0.15, 0.2) is 34.7 Å². The number of fused-ring (bicyclic) bond motifs is 1. The van der Waals surface area contributed by atoms with Gasteiger partial charge in [-0.3, -0.25) is 4.79 Å². The fourth-order valence-electron chi connectivity index (χ4n) is 3.56. The largest absolute Gasteiger partial charge is 0.493 e. The number of benzene rings is 1. The first kappa shape index (κ1) is 19.7. The molecule has 2 aliphatic rings. The molecule has 1 atom stereocenters. The van der Waals surface area contributed by atoms with E-state index in [2.05, 4.69) is 29.2 Å². The van der Waals surface area contributed by atoms with Crippen molar-refractivity contribution in [2.45, 2.75) is 24.1 Å². The summed E-state index contributed by atoms with van der Waals surface area (Å²) >= 11 is 3.54. The van der Waals surface area contributed by atoms with E-state index in [0.29, 0.717) is 5.75 Å². The number of thioether (sulfide) groups is 2. The zero-order valence-electron chi connectivity index (χ0n) is 16.3. The molecule has 0 saturated carbocycles. The van der Waals surface area contributed by atoms with Crippen molar-refractivity contribution >= 4 is 29.4 Å². The van der Waals surface area contributed by atoms with Crippen LogP contribution in [-0.2, 0) is 23.5 Å². The summed E-state index contributed by atoms with van der Waals surface area (Å²) in [4.78, 5) is 16.5. The van der Waals surface area contributed by atoms with E-state index in [1.54, 1.807) is 11.8 Å². The number of amides is 1. The van der Waals surface area contributed by atoms with E-state index in [1.807, 2.05) is 36.8 Å². The van der Waals surface area contributed by atoms with E-state index >= 15 is 0 Å². The van der Waals surface area contributed by atoms with Crippen LogP contribution in [0.2, 0.25) is 0 Å². The highest BCUT2D eigenvalue weighted by Gasteiger charge is 2.33. The molecule has 1 saturated heterocycles. The van der Waals surface area contributed by atoms with Gasteiger partial charge in [0.05, 0.1) is 24.7 Å². The lowest BCUT2D eigenvalue weighted by Crippen LogP contribution is -2.30. The normalized spacial score (nSPS) is 18.8. The summed E-state index contributed by atoms with van der Waals surface area (Å²) in [5, 5.41) is 0.120. The number of carbonyl (C=O) groups excluding carboxylic acids is 1. The van der Waals surface area contributed by atoms with E-state index in [-0.39, 0.29) is 11.3 Å². The molecule has 0 radical (unpaired) electrons. The second-order valence-electron chi connectivity index (χ2n) is 7.37. The van der Waals surface area contributed by atoms with Crippen LogP contribution >= 0.6 is 23.5 Å². The third-order valence-electron chi connectivity index (χ3n) is 4.88. The van der Waals surface area contributed by atoms with Gasteiger partial charge in [-0.25, -0.2) is 0 Å². The van der Waals surface area contributed by atoms with Gasteiger partial charge in [0.2, 0.25) is 5.91 Å². The first-order chi connectivity index (χ1) is 13.6. The lowest BCUT2D eigenvalue weighted by molar-refractivity contribution is -0.127. The molecular weight excluding hydrogens is 392 g/mol. The first-order valence-corrected chi connectivity index (χ1v) is 11.8. The lowest BCUT2D eigenvalue weighted by atomic mass is 10.1. The SMILES string of the molecule is CN(C)Cc1ccc(CSCCN2C(=O)CSC2c2ccc3c(c2)CCO3)o1.